The monoisotopic (exact) mass is 552 g/mol. The first-order chi connectivity index (χ1) is 18.9. The Morgan fingerprint density at radius 3 is 1.67 bits per heavy atom. The number of carbonyl (C=O) groups excluding carboxylic acids is 5. The van der Waals surface area contributed by atoms with Crippen molar-refractivity contribution in [2.24, 2.45) is 0 Å². The van der Waals surface area contributed by atoms with E-state index in [9.17, 15) is 24.0 Å². The van der Waals surface area contributed by atoms with Crippen LogP contribution in [-0.2, 0) is 28.7 Å². The molecule has 4 amide bonds. The van der Waals surface area contributed by atoms with Crippen LogP contribution in [0.2, 0.25) is 0 Å². The summed E-state index contributed by atoms with van der Waals surface area (Å²) in [5, 5.41) is 13.7. The fourth-order valence-electron chi connectivity index (χ4n) is 4.08. The van der Waals surface area contributed by atoms with Gasteiger partial charge in [-0.1, -0.05) is 6.58 Å². The van der Waals surface area contributed by atoms with Crippen molar-refractivity contribution in [3.8, 4) is 0 Å². The predicted octanol–water partition coefficient (Wildman–Crippen LogP) is -2.82. The molecule has 2 heterocycles. The average molecular weight is 553 g/mol. The minimum absolute atomic E-state index is 0.00987. The number of ether oxygens (including phenoxy) is 1. The number of esters is 1. The van der Waals surface area contributed by atoms with Gasteiger partial charge in [-0.25, -0.2) is 0 Å². The van der Waals surface area contributed by atoms with Crippen LogP contribution >= 0.6 is 0 Å². The maximum atomic E-state index is 12.1. The smallest absolute Gasteiger partial charge is 0.307 e. The van der Waals surface area contributed by atoms with Crippen molar-refractivity contribution >= 4 is 29.6 Å². The van der Waals surface area contributed by atoms with Gasteiger partial charge < -0.3 is 46.0 Å². The number of nitrogens with zero attached hydrogens (tertiary/aromatic N) is 3. The lowest BCUT2D eigenvalue weighted by Crippen LogP contribution is -2.48. The highest BCUT2D eigenvalue weighted by atomic mass is 16.5. The predicted molar refractivity (Wildman–Crippen MR) is 144 cm³/mol. The highest BCUT2D eigenvalue weighted by Crippen LogP contribution is 2.04. The molecule has 0 aliphatic carbocycles. The SMILES string of the molecule is C=CC(=O)NCNC(=O)CCOC(=O)CCN1CCN(CCC(=O)NCNC(=O)CCN2CCNCC2)CC1. The quantitative estimate of drug-likeness (QED) is 0.0722. The second-order valence-electron chi connectivity index (χ2n) is 9.39. The maximum Gasteiger partial charge on any atom is 0.307 e. The lowest BCUT2D eigenvalue weighted by atomic mass is 10.2. The van der Waals surface area contributed by atoms with E-state index in [1.54, 1.807) is 0 Å². The Bertz CT molecular complexity index is 812. The number of amides is 4. The number of rotatable bonds is 17. The van der Waals surface area contributed by atoms with Crippen molar-refractivity contribution in [3.05, 3.63) is 12.7 Å². The van der Waals surface area contributed by atoms with Gasteiger partial charge in [-0.3, -0.25) is 24.0 Å². The van der Waals surface area contributed by atoms with Gasteiger partial charge in [0.15, 0.2) is 0 Å². The maximum absolute atomic E-state index is 12.1. The van der Waals surface area contributed by atoms with Gasteiger partial charge in [-0.15, -0.1) is 0 Å². The molecule has 0 saturated carbocycles. The molecule has 0 atom stereocenters. The van der Waals surface area contributed by atoms with Crippen LogP contribution in [0.25, 0.3) is 0 Å². The summed E-state index contributed by atoms with van der Waals surface area (Å²) >= 11 is 0. The molecule has 2 aliphatic heterocycles. The Kier molecular flexibility index (Phi) is 15.7. The molecule has 2 aliphatic rings. The summed E-state index contributed by atoms with van der Waals surface area (Å²) in [5.41, 5.74) is 0. The molecule has 220 valence electrons. The standard InChI is InChI=1S/C25H44N8O6/c1-2-21(34)27-19-30-24(37)6-18-39-25(38)5-11-33-16-14-32(15-17-33)10-4-23(36)29-20-28-22(35)3-9-31-12-7-26-8-13-31/h2,26H,1,3-20H2,(H,27,34)(H,28,35)(H,29,36)(H,30,37). The van der Waals surface area contributed by atoms with Crippen LogP contribution in [0.15, 0.2) is 12.7 Å². The van der Waals surface area contributed by atoms with E-state index in [2.05, 4.69) is 47.9 Å². The third kappa shape index (κ3) is 15.2. The molecule has 0 spiro atoms. The summed E-state index contributed by atoms with van der Waals surface area (Å²) < 4.78 is 5.11. The van der Waals surface area contributed by atoms with Crippen LogP contribution in [-0.4, -0.2) is 136 Å². The molecule has 0 radical (unpaired) electrons. The lowest BCUT2D eigenvalue weighted by Gasteiger charge is -2.34. The zero-order valence-electron chi connectivity index (χ0n) is 22.8. The van der Waals surface area contributed by atoms with Crippen LogP contribution in [0.1, 0.15) is 25.7 Å². The van der Waals surface area contributed by atoms with E-state index in [4.69, 9.17) is 4.74 Å². The molecule has 2 saturated heterocycles. The first-order valence-electron chi connectivity index (χ1n) is 13.6. The fourth-order valence-corrected chi connectivity index (χ4v) is 4.08. The first-order valence-corrected chi connectivity index (χ1v) is 13.6. The molecule has 0 aromatic heterocycles. The molecule has 14 heteroatoms. The summed E-state index contributed by atoms with van der Waals surface area (Å²) in [6.07, 6.45) is 2.14. The lowest BCUT2D eigenvalue weighted by molar-refractivity contribution is -0.144. The second-order valence-corrected chi connectivity index (χ2v) is 9.39. The molecule has 0 bridgehead atoms. The molecular formula is C25H44N8O6. The van der Waals surface area contributed by atoms with Crippen molar-refractivity contribution < 1.29 is 28.7 Å². The zero-order chi connectivity index (χ0) is 28.3. The van der Waals surface area contributed by atoms with E-state index in [0.29, 0.717) is 25.9 Å². The van der Waals surface area contributed by atoms with E-state index in [1.165, 1.54) is 0 Å². The van der Waals surface area contributed by atoms with Crippen molar-refractivity contribution in [1.29, 1.82) is 0 Å². The number of hydrogen-bond acceptors (Lipinski definition) is 10. The van der Waals surface area contributed by atoms with Gasteiger partial charge in [0.25, 0.3) is 0 Å². The van der Waals surface area contributed by atoms with Crippen LogP contribution in [0.5, 0.6) is 0 Å². The highest BCUT2D eigenvalue weighted by molar-refractivity contribution is 5.87. The van der Waals surface area contributed by atoms with E-state index < -0.39 is 0 Å². The summed E-state index contributed by atoms with van der Waals surface area (Å²) in [5.74, 6) is -1.24. The third-order valence-corrected chi connectivity index (χ3v) is 6.51. The molecule has 14 nitrogen and oxygen atoms in total. The summed E-state index contributed by atoms with van der Waals surface area (Å²) in [6, 6.07) is 0. The Labute approximate surface area is 230 Å². The second kappa shape index (κ2) is 19.1. The van der Waals surface area contributed by atoms with E-state index in [-0.39, 0.29) is 62.4 Å². The van der Waals surface area contributed by atoms with Gasteiger partial charge in [0.2, 0.25) is 23.6 Å². The largest absolute Gasteiger partial charge is 0.465 e. The topological polar surface area (TPSA) is 164 Å². The number of carbonyl (C=O) groups is 5. The average Bonchev–Trinajstić information content (AvgIpc) is 2.95. The Balaban J connectivity index is 1.43. The molecule has 5 N–H and O–H groups in total. The minimum atomic E-state index is -0.387. The molecular weight excluding hydrogens is 508 g/mol. The number of hydrogen-bond donors (Lipinski definition) is 5. The van der Waals surface area contributed by atoms with Crippen molar-refractivity contribution in [2.75, 3.05) is 91.9 Å². The normalized spacial score (nSPS) is 16.6. The Morgan fingerprint density at radius 1 is 0.667 bits per heavy atom. The van der Waals surface area contributed by atoms with Gasteiger partial charge in [0.1, 0.15) is 6.61 Å². The van der Waals surface area contributed by atoms with E-state index in [0.717, 1.165) is 65.0 Å². The summed E-state index contributed by atoms with van der Waals surface area (Å²) in [6.45, 7) is 12.3. The molecule has 0 aromatic rings. The van der Waals surface area contributed by atoms with Crippen LogP contribution in [0.4, 0.5) is 0 Å². The van der Waals surface area contributed by atoms with Gasteiger partial charge in [0.05, 0.1) is 26.2 Å². The fraction of sp³-hybridized carbons (Fsp3) is 0.720. The van der Waals surface area contributed by atoms with Crippen molar-refractivity contribution in [1.82, 2.24) is 41.3 Å². The minimum Gasteiger partial charge on any atom is -0.465 e. The summed E-state index contributed by atoms with van der Waals surface area (Å²) in [4.78, 5) is 65.3. The number of nitrogens with one attached hydrogen (secondary N) is 5. The Hall–Kier alpha value is -3.07. The van der Waals surface area contributed by atoms with Gasteiger partial charge in [0, 0.05) is 84.8 Å². The molecule has 2 fully saturated rings. The van der Waals surface area contributed by atoms with Gasteiger partial charge >= 0.3 is 5.97 Å². The first kappa shape index (κ1) is 32.1. The molecule has 39 heavy (non-hydrogen) atoms. The molecule has 0 aromatic carbocycles. The highest BCUT2D eigenvalue weighted by Gasteiger charge is 2.18. The van der Waals surface area contributed by atoms with Gasteiger partial charge in [-0.2, -0.15) is 0 Å². The summed E-state index contributed by atoms with van der Waals surface area (Å²) in [7, 11) is 0. The van der Waals surface area contributed by atoms with E-state index in [1.807, 2.05) is 0 Å². The van der Waals surface area contributed by atoms with Crippen molar-refractivity contribution in [2.45, 2.75) is 25.7 Å². The van der Waals surface area contributed by atoms with Crippen LogP contribution < -0.4 is 26.6 Å². The van der Waals surface area contributed by atoms with Crippen LogP contribution in [0, 0.1) is 0 Å². The van der Waals surface area contributed by atoms with E-state index >= 15 is 0 Å². The molecule has 2 rings (SSSR count). The Morgan fingerprint density at radius 2 is 1.13 bits per heavy atom. The van der Waals surface area contributed by atoms with Gasteiger partial charge in [-0.05, 0) is 6.08 Å². The zero-order valence-corrected chi connectivity index (χ0v) is 22.8. The van der Waals surface area contributed by atoms with Crippen LogP contribution in [0.3, 0.4) is 0 Å². The molecule has 0 unspecified atom stereocenters. The number of piperazine rings is 2. The third-order valence-electron chi connectivity index (χ3n) is 6.51. The van der Waals surface area contributed by atoms with Crippen molar-refractivity contribution in [3.63, 3.8) is 0 Å².